The number of amides is 3. The Balaban J connectivity index is 2.20. The van der Waals surface area contributed by atoms with E-state index < -0.39 is 0 Å². The highest BCUT2D eigenvalue weighted by Crippen LogP contribution is 2.14. The summed E-state index contributed by atoms with van der Waals surface area (Å²) in [6.07, 6.45) is 5.36. The number of furan rings is 1. The third kappa shape index (κ3) is 1.84. The van der Waals surface area contributed by atoms with E-state index in [9.17, 15) is 9.59 Å². The molecular formula is C11H12N2O3. The van der Waals surface area contributed by atoms with E-state index in [1.807, 2.05) is 6.92 Å². The Bertz CT molecular complexity index is 434. The largest absolute Gasteiger partial charge is 0.472 e. The van der Waals surface area contributed by atoms with E-state index >= 15 is 0 Å². The average molecular weight is 220 g/mol. The van der Waals surface area contributed by atoms with Crippen molar-refractivity contribution in [3.05, 3.63) is 29.9 Å². The number of rotatable bonds is 3. The fourth-order valence-corrected chi connectivity index (χ4v) is 1.52. The molecule has 1 saturated heterocycles. The van der Waals surface area contributed by atoms with Crippen molar-refractivity contribution < 1.29 is 14.0 Å². The molecule has 1 fully saturated rings. The summed E-state index contributed by atoms with van der Waals surface area (Å²) < 4.78 is 4.88. The van der Waals surface area contributed by atoms with E-state index in [0.717, 1.165) is 12.0 Å². The van der Waals surface area contributed by atoms with E-state index in [4.69, 9.17) is 4.42 Å². The molecule has 0 unspecified atom stereocenters. The van der Waals surface area contributed by atoms with Gasteiger partial charge in [0.25, 0.3) is 5.91 Å². The lowest BCUT2D eigenvalue weighted by Gasteiger charge is -2.08. The van der Waals surface area contributed by atoms with Gasteiger partial charge in [0.1, 0.15) is 5.70 Å². The quantitative estimate of drug-likeness (QED) is 0.621. The van der Waals surface area contributed by atoms with Gasteiger partial charge < -0.3 is 9.73 Å². The molecule has 5 heteroatoms. The highest BCUT2D eigenvalue weighted by molar-refractivity contribution is 6.13. The molecule has 1 N–H and O–H groups in total. The third-order valence-corrected chi connectivity index (χ3v) is 2.26. The lowest BCUT2D eigenvalue weighted by atomic mass is 10.2. The summed E-state index contributed by atoms with van der Waals surface area (Å²) in [4.78, 5) is 24.4. The molecule has 0 radical (unpaired) electrons. The topological polar surface area (TPSA) is 62.6 Å². The van der Waals surface area contributed by atoms with E-state index in [1.165, 1.54) is 17.4 Å². The van der Waals surface area contributed by atoms with Crippen molar-refractivity contribution in [2.45, 2.75) is 13.3 Å². The smallest absolute Gasteiger partial charge is 0.329 e. The Morgan fingerprint density at radius 1 is 1.50 bits per heavy atom. The number of nitrogens with zero attached hydrogens (tertiary/aromatic N) is 1. The molecule has 3 amide bonds. The van der Waals surface area contributed by atoms with Crippen LogP contribution in [0, 0.1) is 0 Å². The Morgan fingerprint density at radius 3 is 2.94 bits per heavy atom. The number of hydrogen-bond acceptors (Lipinski definition) is 3. The first-order valence-corrected chi connectivity index (χ1v) is 5.09. The summed E-state index contributed by atoms with van der Waals surface area (Å²) in [5.41, 5.74) is 1.04. The summed E-state index contributed by atoms with van der Waals surface area (Å²) in [5, 5.41) is 2.53. The third-order valence-electron chi connectivity index (χ3n) is 2.26. The monoisotopic (exact) mass is 220 g/mol. The molecule has 2 heterocycles. The lowest BCUT2D eigenvalue weighted by Crippen LogP contribution is -2.31. The van der Waals surface area contributed by atoms with Crippen LogP contribution in [0.4, 0.5) is 4.79 Å². The Hall–Kier alpha value is -2.04. The van der Waals surface area contributed by atoms with Crippen LogP contribution in [0.5, 0.6) is 0 Å². The summed E-state index contributed by atoms with van der Waals surface area (Å²) in [6.45, 7) is 2.35. The van der Waals surface area contributed by atoms with Gasteiger partial charge in [-0.25, -0.2) is 4.79 Å². The second kappa shape index (κ2) is 4.22. The summed E-state index contributed by atoms with van der Waals surface area (Å²) >= 11 is 0. The van der Waals surface area contributed by atoms with E-state index in [-0.39, 0.29) is 11.9 Å². The van der Waals surface area contributed by atoms with Gasteiger partial charge >= 0.3 is 6.03 Å². The van der Waals surface area contributed by atoms with E-state index in [0.29, 0.717) is 12.2 Å². The fraction of sp³-hybridized carbons (Fsp3) is 0.273. The number of imide groups is 1. The minimum atomic E-state index is -0.360. The minimum absolute atomic E-state index is 0.284. The van der Waals surface area contributed by atoms with Crippen LogP contribution in [0.25, 0.3) is 6.08 Å². The van der Waals surface area contributed by atoms with Crippen LogP contribution in [-0.4, -0.2) is 23.4 Å². The predicted molar refractivity (Wildman–Crippen MR) is 57.2 cm³/mol. The SMILES string of the molecule is CCCN1C(=O)N/C(=C/c2ccoc2)C1=O. The number of nitrogens with one attached hydrogen (secondary N) is 1. The molecule has 0 atom stereocenters. The second-order valence-corrected chi connectivity index (χ2v) is 3.50. The van der Waals surface area contributed by atoms with Crippen LogP contribution in [0.2, 0.25) is 0 Å². The van der Waals surface area contributed by atoms with Crippen LogP contribution in [0.3, 0.4) is 0 Å². The molecule has 0 bridgehead atoms. The van der Waals surface area contributed by atoms with Crippen LogP contribution in [0.1, 0.15) is 18.9 Å². The molecule has 1 aliphatic rings. The van der Waals surface area contributed by atoms with Crippen molar-refractivity contribution in [2.75, 3.05) is 6.54 Å². The highest BCUT2D eigenvalue weighted by Gasteiger charge is 2.32. The molecule has 0 spiro atoms. The van der Waals surface area contributed by atoms with Crippen LogP contribution >= 0.6 is 0 Å². The fourth-order valence-electron chi connectivity index (χ4n) is 1.52. The van der Waals surface area contributed by atoms with Gasteiger partial charge in [0, 0.05) is 12.1 Å². The number of hydrogen-bond donors (Lipinski definition) is 1. The van der Waals surface area contributed by atoms with Crippen molar-refractivity contribution in [3.8, 4) is 0 Å². The predicted octanol–water partition coefficient (Wildman–Crippen LogP) is 1.58. The zero-order valence-corrected chi connectivity index (χ0v) is 8.90. The molecule has 5 nitrogen and oxygen atoms in total. The summed E-state index contributed by atoms with van der Waals surface area (Å²) in [6, 6.07) is 1.36. The first kappa shape index (κ1) is 10.5. The zero-order valence-electron chi connectivity index (χ0n) is 8.90. The van der Waals surface area contributed by atoms with Gasteiger partial charge in [-0.05, 0) is 18.6 Å². The summed E-state index contributed by atoms with van der Waals surface area (Å²) in [7, 11) is 0. The molecule has 16 heavy (non-hydrogen) atoms. The molecule has 1 aliphatic heterocycles. The average Bonchev–Trinajstić information content (AvgIpc) is 2.84. The molecule has 84 valence electrons. The van der Waals surface area contributed by atoms with Gasteiger partial charge in [-0.2, -0.15) is 0 Å². The van der Waals surface area contributed by atoms with E-state index in [1.54, 1.807) is 12.1 Å². The Kier molecular flexibility index (Phi) is 2.76. The molecule has 0 aromatic carbocycles. The maximum atomic E-state index is 11.8. The van der Waals surface area contributed by atoms with Crippen molar-refractivity contribution in [1.82, 2.24) is 10.2 Å². The van der Waals surface area contributed by atoms with Crippen molar-refractivity contribution in [1.29, 1.82) is 0 Å². The van der Waals surface area contributed by atoms with E-state index in [2.05, 4.69) is 5.32 Å². The van der Waals surface area contributed by atoms with Crippen molar-refractivity contribution >= 4 is 18.0 Å². The first-order valence-electron chi connectivity index (χ1n) is 5.09. The maximum Gasteiger partial charge on any atom is 0.329 e. The molecule has 2 rings (SSSR count). The van der Waals surface area contributed by atoms with Gasteiger partial charge in [0.2, 0.25) is 0 Å². The van der Waals surface area contributed by atoms with Gasteiger partial charge in [0.05, 0.1) is 12.5 Å². The molecule has 0 aliphatic carbocycles. The minimum Gasteiger partial charge on any atom is -0.472 e. The van der Waals surface area contributed by atoms with Crippen molar-refractivity contribution in [2.24, 2.45) is 0 Å². The summed E-state index contributed by atoms with van der Waals surface area (Å²) in [5.74, 6) is -0.284. The van der Waals surface area contributed by atoms with Gasteiger partial charge in [-0.3, -0.25) is 9.69 Å². The van der Waals surface area contributed by atoms with Gasteiger partial charge in [0.15, 0.2) is 0 Å². The van der Waals surface area contributed by atoms with Crippen molar-refractivity contribution in [3.63, 3.8) is 0 Å². The molecule has 0 saturated carbocycles. The second-order valence-electron chi connectivity index (χ2n) is 3.50. The Morgan fingerprint density at radius 2 is 2.31 bits per heavy atom. The molecule has 1 aromatic rings. The number of carbonyl (C=O) groups is 2. The Labute approximate surface area is 92.7 Å². The number of urea groups is 1. The standard InChI is InChI=1S/C11H12N2O3/c1-2-4-13-10(14)9(12-11(13)15)6-8-3-5-16-7-8/h3,5-7H,2,4H2,1H3,(H,12,15)/b9-6+. The highest BCUT2D eigenvalue weighted by atomic mass is 16.3. The van der Waals surface area contributed by atoms with Crippen LogP contribution < -0.4 is 5.32 Å². The van der Waals surface area contributed by atoms with Gasteiger partial charge in [-0.1, -0.05) is 6.92 Å². The molecular weight excluding hydrogens is 208 g/mol. The lowest BCUT2D eigenvalue weighted by molar-refractivity contribution is -0.122. The first-order chi connectivity index (χ1) is 7.72. The zero-order chi connectivity index (χ0) is 11.5. The van der Waals surface area contributed by atoms with Crippen LogP contribution in [-0.2, 0) is 4.79 Å². The van der Waals surface area contributed by atoms with Crippen LogP contribution in [0.15, 0.2) is 28.7 Å². The van der Waals surface area contributed by atoms with Gasteiger partial charge in [-0.15, -0.1) is 0 Å². The molecule has 1 aromatic heterocycles. The maximum absolute atomic E-state index is 11.8. The number of carbonyl (C=O) groups excluding carboxylic acids is 2. The normalized spacial score (nSPS) is 18.3.